The first-order chi connectivity index (χ1) is 6.65. The van der Waals surface area contributed by atoms with Gasteiger partial charge in [-0.05, 0) is 12.5 Å². The first-order valence-electron chi connectivity index (χ1n) is 4.42. The van der Waals surface area contributed by atoms with Crippen LogP contribution in [0, 0.1) is 0 Å². The Balaban J connectivity index is 2.71. The Morgan fingerprint density at radius 3 is 2.86 bits per heavy atom. The number of aromatic nitrogens is 2. The van der Waals surface area contributed by atoms with E-state index in [1.807, 2.05) is 6.92 Å². The van der Waals surface area contributed by atoms with Crippen LogP contribution in [-0.4, -0.2) is 26.6 Å². The molecule has 1 aromatic rings. The van der Waals surface area contributed by atoms with Crippen molar-refractivity contribution in [3.8, 4) is 0 Å². The van der Waals surface area contributed by atoms with E-state index in [1.54, 1.807) is 16.9 Å². The standard InChI is InChI=1S/C9H12N2O3/c1-2-5-11-7(3-4-10-11)6-8(12)9(13)14/h3-4H,2,5-6H2,1H3,(H,13,14). The van der Waals surface area contributed by atoms with Gasteiger partial charge in [0.1, 0.15) is 0 Å². The molecule has 76 valence electrons. The smallest absolute Gasteiger partial charge is 0.372 e. The minimum Gasteiger partial charge on any atom is -0.475 e. The van der Waals surface area contributed by atoms with E-state index in [-0.39, 0.29) is 6.42 Å². The summed E-state index contributed by atoms with van der Waals surface area (Å²) in [5, 5.41) is 12.4. The highest BCUT2D eigenvalue weighted by atomic mass is 16.4. The maximum Gasteiger partial charge on any atom is 0.372 e. The summed E-state index contributed by atoms with van der Waals surface area (Å²) in [6, 6.07) is 1.66. The molecule has 0 saturated carbocycles. The number of aliphatic carboxylic acids is 1. The Kier molecular flexibility index (Phi) is 3.39. The van der Waals surface area contributed by atoms with E-state index >= 15 is 0 Å². The van der Waals surface area contributed by atoms with Crippen molar-refractivity contribution in [2.45, 2.75) is 26.3 Å². The molecule has 0 atom stereocenters. The number of Topliss-reactive ketones (excluding diaryl/α,β-unsaturated/α-hetero) is 1. The number of rotatable bonds is 5. The molecule has 0 spiro atoms. The van der Waals surface area contributed by atoms with Gasteiger partial charge in [-0.25, -0.2) is 4.79 Å². The second-order valence-electron chi connectivity index (χ2n) is 2.95. The molecule has 14 heavy (non-hydrogen) atoms. The van der Waals surface area contributed by atoms with Gasteiger partial charge in [-0.1, -0.05) is 6.92 Å². The predicted octanol–water partition coefficient (Wildman–Crippen LogP) is 0.489. The van der Waals surface area contributed by atoms with Gasteiger partial charge < -0.3 is 5.11 Å². The van der Waals surface area contributed by atoms with Gasteiger partial charge in [0.2, 0.25) is 5.78 Å². The molecule has 0 aliphatic heterocycles. The van der Waals surface area contributed by atoms with Crippen molar-refractivity contribution in [2.75, 3.05) is 0 Å². The van der Waals surface area contributed by atoms with Crippen molar-refractivity contribution >= 4 is 11.8 Å². The van der Waals surface area contributed by atoms with Gasteiger partial charge in [-0.2, -0.15) is 5.10 Å². The van der Waals surface area contributed by atoms with Crippen molar-refractivity contribution in [3.05, 3.63) is 18.0 Å². The Morgan fingerprint density at radius 1 is 1.57 bits per heavy atom. The van der Waals surface area contributed by atoms with Crippen LogP contribution in [0.3, 0.4) is 0 Å². The zero-order chi connectivity index (χ0) is 10.6. The molecule has 0 fully saturated rings. The van der Waals surface area contributed by atoms with Gasteiger partial charge in [0.25, 0.3) is 0 Å². The zero-order valence-electron chi connectivity index (χ0n) is 7.93. The van der Waals surface area contributed by atoms with Crippen molar-refractivity contribution in [2.24, 2.45) is 0 Å². The molecule has 1 aromatic heterocycles. The number of carboxylic acids is 1. The van der Waals surface area contributed by atoms with Crippen molar-refractivity contribution in [3.63, 3.8) is 0 Å². The van der Waals surface area contributed by atoms with Gasteiger partial charge in [-0.3, -0.25) is 9.48 Å². The van der Waals surface area contributed by atoms with Crippen molar-refractivity contribution in [1.29, 1.82) is 0 Å². The molecule has 0 aliphatic carbocycles. The van der Waals surface area contributed by atoms with Gasteiger partial charge in [-0.15, -0.1) is 0 Å². The molecule has 0 bridgehead atoms. The van der Waals surface area contributed by atoms with E-state index in [9.17, 15) is 9.59 Å². The van der Waals surface area contributed by atoms with Crippen LogP contribution >= 0.6 is 0 Å². The quantitative estimate of drug-likeness (QED) is 0.695. The number of carbonyl (C=O) groups excluding carboxylic acids is 1. The minimum atomic E-state index is -1.39. The predicted molar refractivity (Wildman–Crippen MR) is 48.9 cm³/mol. The molecular weight excluding hydrogens is 184 g/mol. The molecule has 5 nitrogen and oxygen atoms in total. The van der Waals surface area contributed by atoms with Crippen molar-refractivity contribution < 1.29 is 14.7 Å². The molecule has 1 rings (SSSR count). The second-order valence-corrected chi connectivity index (χ2v) is 2.95. The Labute approximate surface area is 81.3 Å². The van der Waals surface area contributed by atoms with E-state index in [0.29, 0.717) is 12.2 Å². The fourth-order valence-electron chi connectivity index (χ4n) is 1.16. The number of carbonyl (C=O) groups is 2. The summed E-state index contributed by atoms with van der Waals surface area (Å²) in [6.45, 7) is 2.69. The zero-order valence-corrected chi connectivity index (χ0v) is 7.93. The van der Waals surface area contributed by atoms with E-state index in [2.05, 4.69) is 5.10 Å². The molecule has 0 saturated heterocycles. The lowest BCUT2D eigenvalue weighted by Crippen LogP contribution is -2.17. The van der Waals surface area contributed by atoms with Crippen LogP contribution in [0.4, 0.5) is 0 Å². The molecule has 1 N–H and O–H groups in total. The highest BCUT2D eigenvalue weighted by Gasteiger charge is 2.14. The summed E-state index contributed by atoms with van der Waals surface area (Å²) in [4.78, 5) is 21.2. The van der Waals surface area contributed by atoms with E-state index in [4.69, 9.17) is 5.11 Å². The Morgan fingerprint density at radius 2 is 2.29 bits per heavy atom. The number of nitrogens with zero attached hydrogens (tertiary/aromatic N) is 2. The highest BCUT2D eigenvalue weighted by molar-refractivity contribution is 6.33. The van der Waals surface area contributed by atoms with Crippen molar-refractivity contribution in [1.82, 2.24) is 9.78 Å². The molecule has 5 heteroatoms. The highest BCUT2D eigenvalue weighted by Crippen LogP contribution is 2.02. The van der Waals surface area contributed by atoms with Gasteiger partial charge >= 0.3 is 5.97 Å². The van der Waals surface area contributed by atoms with Crippen LogP contribution in [0.15, 0.2) is 12.3 Å². The van der Waals surface area contributed by atoms with Crippen LogP contribution in [0.25, 0.3) is 0 Å². The lowest BCUT2D eigenvalue weighted by molar-refractivity contribution is -0.148. The van der Waals surface area contributed by atoms with E-state index in [0.717, 1.165) is 6.42 Å². The summed E-state index contributed by atoms with van der Waals surface area (Å²) in [5.74, 6) is -2.20. The van der Waals surface area contributed by atoms with Crippen LogP contribution in [0.1, 0.15) is 19.0 Å². The Hall–Kier alpha value is -1.65. The maximum absolute atomic E-state index is 10.9. The molecule has 0 aromatic carbocycles. The number of hydrogen-bond donors (Lipinski definition) is 1. The van der Waals surface area contributed by atoms with Gasteiger partial charge in [0, 0.05) is 18.4 Å². The summed E-state index contributed by atoms with van der Waals surface area (Å²) < 4.78 is 1.65. The normalized spacial score (nSPS) is 10.1. The summed E-state index contributed by atoms with van der Waals surface area (Å²) in [7, 11) is 0. The van der Waals surface area contributed by atoms with E-state index < -0.39 is 11.8 Å². The van der Waals surface area contributed by atoms with Crippen LogP contribution in [0.5, 0.6) is 0 Å². The summed E-state index contributed by atoms with van der Waals surface area (Å²) >= 11 is 0. The molecular formula is C9H12N2O3. The molecule has 0 aliphatic rings. The minimum absolute atomic E-state index is 0.0880. The lowest BCUT2D eigenvalue weighted by Gasteiger charge is -2.03. The van der Waals surface area contributed by atoms with E-state index in [1.165, 1.54) is 0 Å². The molecule has 0 unspecified atom stereocenters. The number of carboxylic acid groups (broad SMARTS) is 1. The number of hydrogen-bond acceptors (Lipinski definition) is 3. The number of aryl methyl sites for hydroxylation is 1. The van der Waals surface area contributed by atoms with Gasteiger partial charge in [0.05, 0.1) is 6.42 Å². The maximum atomic E-state index is 10.9. The summed E-state index contributed by atoms with van der Waals surface area (Å²) in [6.07, 6.45) is 2.38. The lowest BCUT2D eigenvalue weighted by atomic mass is 10.2. The third kappa shape index (κ3) is 2.42. The first-order valence-corrected chi connectivity index (χ1v) is 4.42. The molecule has 1 heterocycles. The molecule has 0 radical (unpaired) electrons. The SMILES string of the molecule is CCCn1nccc1CC(=O)C(=O)O. The topological polar surface area (TPSA) is 72.2 Å². The second kappa shape index (κ2) is 4.55. The fourth-order valence-corrected chi connectivity index (χ4v) is 1.16. The average Bonchev–Trinajstić information content (AvgIpc) is 2.53. The van der Waals surface area contributed by atoms with Crippen LogP contribution in [-0.2, 0) is 22.6 Å². The third-order valence-electron chi connectivity index (χ3n) is 1.82. The van der Waals surface area contributed by atoms with Crippen LogP contribution in [0.2, 0.25) is 0 Å². The third-order valence-corrected chi connectivity index (χ3v) is 1.82. The first kappa shape index (κ1) is 10.4. The fraction of sp³-hybridized carbons (Fsp3) is 0.444. The summed E-state index contributed by atoms with van der Waals surface area (Å²) in [5.41, 5.74) is 0.652. The molecule has 0 amide bonds. The van der Waals surface area contributed by atoms with Crippen LogP contribution < -0.4 is 0 Å². The Bertz CT molecular complexity index is 344. The monoisotopic (exact) mass is 196 g/mol. The largest absolute Gasteiger partial charge is 0.475 e. The average molecular weight is 196 g/mol. The number of ketones is 1. The van der Waals surface area contributed by atoms with Gasteiger partial charge in [0.15, 0.2) is 0 Å².